The summed E-state index contributed by atoms with van der Waals surface area (Å²) < 4.78 is 13.5. The third-order valence-corrected chi connectivity index (χ3v) is 3.76. The van der Waals surface area contributed by atoms with Crippen molar-refractivity contribution < 1.29 is 9.18 Å². The Morgan fingerprint density at radius 2 is 2.26 bits per heavy atom. The summed E-state index contributed by atoms with van der Waals surface area (Å²) >= 11 is 0. The fourth-order valence-electron chi connectivity index (χ4n) is 2.50. The summed E-state index contributed by atoms with van der Waals surface area (Å²) in [4.78, 5) is 14.0. The summed E-state index contributed by atoms with van der Waals surface area (Å²) in [6.07, 6.45) is 2.15. The number of aryl methyl sites for hydroxylation is 1. The van der Waals surface area contributed by atoms with Crippen LogP contribution in [-0.2, 0) is 11.2 Å². The van der Waals surface area contributed by atoms with E-state index in [0.29, 0.717) is 24.9 Å². The molecule has 1 aromatic carbocycles. The first-order chi connectivity index (χ1) is 9.08. The van der Waals surface area contributed by atoms with Gasteiger partial charge in [0.05, 0.1) is 0 Å². The van der Waals surface area contributed by atoms with Crippen molar-refractivity contribution in [1.82, 2.24) is 4.90 Å². The zero-order chi connectivity index (χ0) is 13.8. The zero-order valence-electron chi connectivity index (χ0n) is 11.3. The second-order valence-electron chi connectivity index (χ2n) is 5.36. The number of likely N-dealkylation sites (tertiary alicyclic amines) is 1. The maximum absolute atomic E-state index is 13.5. The molecule has 1 fully saturated rings. The topological polar surface area (TPSA) is 46.3 Å². The minimum absolute atomic E-state index is 0.0788. The van der Waals surface area contributed by atoms with E-state index in [1.165, 1.54) is 6.07 Å². The van der Waals surface area contributed by atoms with Gasteiger partial charge in [0.15, 0.2) is 0 Å². The van der Waals surface area contributed by atoms with Crippen molar-refractivity contribution >= 4 is 5.91 Å². The Kier molecular flexibility index (Phi) is 4.53. The standard InChI is InChI=1S/C15H21FN2O/c1-11(15(19)18-9-8-13(17)10-18)6-7-12-4-2-3-5-14(12)16/h2-5,11,13H,6-10,17H2,1H3/t11-,13-/m1/s1. The Bertz CT molecular complexity index is 450. The fraction of sp³-hybridized carbons (Fsp3) is 0.533. The molecule has 0 saturated carbocycles. The van der Waals surface area contributed by atoms with E-state index >= 15 is 0 Å². The summed E-state index contributed by atoms with van der Waals surface area (Å²) in [5.41, 5.74) is 6.49. The van der Waals surface area contributed by atoms with E-state index in [4.69, 9.17) is 5.73 Å². The summed E-state index contributed by atoms with van der Waals surface area (Å²) in [5.74, 6) is -0.125. The van der Waals surface area contributed by atoms with E-state index in [0.717, 1.165) is 13.0 Å². The van der Waals surface area contributed by atoms with E-state index in [1.807, 2.05) is 17.9 Å². The molecule has 0 unspecified atom stereocenters. The predicted molar refractivity (Wildman–Crippen MR) is 73.1 cm³/mol. The number of hydrogen-bond donors (Lipinski definition) is 1. The Morgan fingerprint density at radius 1 is 1.53 bits per heavy atom. The molecule has 2 N–H and O–H groups in total. The first kappa shape index (κ1) is 14.0. The van der Waals surface area contributed by atoms with Crippen LogP contribution in [0.3, 0.4) is 0 Å². The van der Waals surface area contributed by atoms with Gasteiger partial charge in [0.2, 0.25) is 5.91 Å². The summed E-state index contributed by atoms with van der Waals surface area (Å²) in [6.45, 7) is 3.32. The van der Waals surface area contributed by atoms with Crippen LogP contribution >= 0.6 is 0 Å². The molecule has 1 saturated heterocycles. The highest BCUT2D eigenvalue weighted by Crippen LogP contribution is 2.17. The van der Waals surface area contributed by atoms with Crippen molar-refractivity contribution in [1.29, 1.82) is 0 Å². The van der Waals surface area contributed by atoms with Gasteiger partial charge >= 0.3 is 0 Å². The third-order valence-electron chi connectivity index (χ3n) is 3.76. The molecule has 2 atom stereocenters. The Morgan fingerprint density at radius 3 is 2.89 bits per heavy atom. The maximum atomic E-state index is 13.5. The molecule has 1 aliphatic heterocycles. The largest absolute Gasteiger partial charge is 0.341 e. The number of halogens is 1. The molecule has 19 heavy (non-hydrogen) atoms. The van der Waals surface area contributed by atoms with Gasteiger partial charge in [0, 0.05) is 25.0 Å². The van der Waals surface area contributed by atoms with Gasteiger partial charge in [-0.05, 0) is 30.9 Å². The molecule has 0 aromatic heterocycles. The maximum Gasteiger partial charge on any atom is 0.225 e. The second kappa shape index (κ2) is 6.15. The van der Waals surface area contributed by atoms with Gasteiger partial charge in [-0.2, -0.15) is 0 Å². The number of carbonyl (C=O) groups is 1. The van der Waals surface area contributed by atoms with Crippen molar-refractivity contribution in [3.8, 4) is 0 Å². The molecule has 1 amide bonds. The summed E-state index contributed by atoms with van der Waals surface area (Å²) in [7, 11) is 0. The van der Waals surface area contributed by atoms with Gasteiger partial charge < -0.3 is 10.6 Å². The van der Waals surface area contributed by atoms with Crippen LogP contribution in [0.2, 0.25) is 0 Å². The van der Waals surface area contributed by atoms with Gasteiger partial charge in [-0.15, -0.1) is 0 Å². The number of benzene rings is 1. The Hall–Kier alpha value is -1.42. The normalized spacial score (nSPS) is 20.6. The van der Waals surface area contributed by atoms with E-state index in [9.17, 15) is 9.18 Å². The van der Waals surface area contributed by atoms with E-state index in [2.05, 4.69) is 0 Å². The van der Waals surface area contributed by atoms with E-state index < -0.39 is 0 Å². The Balaban J connectivity index is 1.86. The number of hydrogen-bond acceptors (Lipinski definition) is 2. The van der Waals surface area contributed by atoms with Crippen LogP contribution in [0.15, 0.2) is 24.3 Å². The van der Waals surface area contributed by atoms with Gasteiger partial charge in [0.25, 0.3) is 0 Å². The molecule has 1 heterocycles. The van der Waals surface area contributed by atoms with Crippen LogP contribution in [-0.4, -0.2) is 29.9 Å². The van der Waals surface area contributed by atoms with Crippen molar-refractivity contribution in [2.45, 2.75) is 32.2 Å². The second-order valence-corrected chi connectivity index (χ2v) is 5.36. The van der Waals surface area contributed by atoms with Crippen LogP contribution in [0.1, 0.15) is 25.3 Å². The lowest BCUT2D eigenvalue weighted by Crippen LogP contribution is -2.35. The molecule has 104 valence electrons. The minimum atomic E-state index is -0.189. The molecule has 4 heteroatoms. The smallest absolute Gasteiger partial charge is 0.225 e. The highest BCUT2D eigenvalue weighted by Gasteiger charge is 2.26. The molecule has 0 spiro atoms. The van der Waals surface area contributed by atoms with Gasteiger partial charge in [0.1, 0.15) is 5.82 Å². The molecule has 1 aromatic rings. The predicted octanol–water partition coefficient (Wildman–Crippen LogP) is 1.95. The van der Waals surface area contributed by atoms with Crippen LogP contribution in [0, 0.1) is 11.7 Å². The molecule has 0 aliphatic carbocycles. The SMILES string of the molecule is C[C@H](CCc1ccccc1F)C(=O)N1CC[C@@H](N)C1. The van der Waals surface area contributed by atoms with Crippen LogP contribution < -0.4 is 5.73 Å². The van der Waals surface area contributed by atoms with E-state index in [-0.39, 0.29) is 23.7 Å². The fourth-order valence-corrected chi connectivity index (χ4v) is 2.50. The van der Waals surface area contributed by atoms with Gasteiger partial charge in [-0.25, -0.2) is 4.39 Å². The lowest BCUT2D eigenvalue weighted by atomic mass is 9.99. The zero-order valence-corrected chi connectivity index (χ0v) is 11.3. The average molecular weight is 264 g/mol. The summed E-state index contributed by atoms with van der Waals surface area (Å²) in [5, 5.41) is 0. The van der Waals surface area contributed by atoms with Crippen molar-refractivity contribution in [2.75, 3.05) is 13.1 Å². The van der Waals surface area contributed by atoms with Crippen molar-refractivity contribution in [3.05, 3.63) is 35.6 Å². The Labute approximate surface area is 113 Å². The van der Waals surface area contributed by atoms with Crippen LogP contribution in [0.5, 0.6) is 0 Å². The minimum Gasteiger partial charge on any atom is -0.341 e. The number of nitrogens with two attached hydrogens (primary N) is 1. The number of amides is 1. The summed E-state index contributed by atoms with van der Waals surface area (Å²) in [6, 6.07) is 6.85. The molecular formula is C15H21FN2O. The van der Waals surface area contributed by atoms with Gasteiger partial charge in [-0.1, -0.05) is 25.1 Å². The number of rotatable bonds is 4. The highest BCUT2D eigenvalue weighted by molar-refractivity contribution is 5.78. The molecule has 3 nitrogen and oxygen atoms in total. The highest BCUT2D eigenvalue weighted by atomic mass is 19.1. The molecule has 0 radical (unpaired) electrons. The molecule has 2 rings (SSSR count). The lowest BCUT2D eigenvalue weighted by Gasteiger charge is -2.20. The number of carbonyl (C=O) groups excluding carboxylic acids is 1. The van der Waals surface area contributed by atoms with Crippen LogP contribution in [0.4, 0.5) is 4.39 Å². The van der Waals surface area contributed by atoms with Crippen molar-refractivity contribution in [3.63, 3.8) is 0 Å². The first-order valence-electron chi connectivity index (χ1n) is 6.85. The lowest BCUT2D eigenvalue weighted by molar-refractivity contribution is -0.134. The quantitative estimate of drug-likeness (QED) is 0.903. The van der Waals surface area contributed by atoms with E-state index in [1.54, 1.807) is 12.1 Å². The average Bonchev–Trinajstić information content (AvgIpc) is 2.83. The van der Waals surface area contributed by atoms with Gasteiger partial charge in [-0.3, -0.25) is 4.79 Å². The third kappa shape index (κ3) is 3.53. The molecular weight excluding hydrogens is 243 g/mol. The van der Waals surface area contributed by atoms with Crippen LogP contribution in [0.25, 0.3) is 0 Å². The first-order valence-corrected chi connectivity index (χ1v) is 6.85. The monoisotopic (exact) mass is 264 g/mol. The molecule has 0 bridgehead atoms. The van der Waals surface area contributed by atoms with Crippen molar-refractivity contribution in [2.24, 2.45) is 11.7 Å². The molecule has 1 aliphatic rings. The number of nitrogens with zero attached hydrogens (tertiary/aromatic N) is 1.